The van der Waals surface area contributed by atoms with Gasteiger partial charge >= 0.3 is 0 Å². The zero-order valence-corrected chi connectivity index (χ0v) is 11.2. The number of carbonyl (C=O) groups is 1. The minimum Gasteiger partial charge on any atom is -0.381 e. The summed E-state index contributed by atoms with van der Waals surface area (Å²) in [5.41, 5.74) is 0. The number of hydrogen-bond acceptors (Lipinski definition) is 4. The summed E-state index contributed by atoms with van der Waals surface area (Å²) in [6, 6.07) is 0.304. The molecule has 2 saturated heterocycles. The van der Waals surface area contributed by atoms with Gasteiger partial charge in [0.15, 0.2) is 0 Å². The van der Waals surface area contributed by atoms with E-state index in [1.807, 2.05) is 11.8 Å². The summed E-state index contributed by atoms with van der Waals surface area (Å²) >= 11 is 0. The van der Waals surface area contributed by atoms with Crippen molar-refractivity contribution in [2.24, 2.45) is 0 Å². The van der Waals surface area contributed by atoms with Crippen LogP contribution in [0.15, 0.2) is 0 Å². The minimum atomic E-state index is -0.105. The van der Waals surface area contributed by atoms with Crippen LogP contribution in [-0.4, -0.2) is 62.4 Å². The van der Waals surface area contributed by atoms with Crippen molar-refractivity contribution in [3.8, 4) is 0 Å². The third-order valence-corrected chi connectivity index (χ3v) is 3.63. The van der Waals surface area contributed by atoms with E-state index in [-0.39, 0.29) is 11.9 Å². The Bertz CT molecular complexity index is 259. The van der Waals surface area contributed by atoms with Crippen LogP contribution in [-0.2, 0) is 14.3 Å². The highest BCUT2D eigenvalue weighted by atomic mass is 16.5. The van der Waals surface area contributed by atoms with Crippen LogP contribution in [0.2, 0.25) is 0 Å². The number of nitrogens with one attached hydrogen (secondary N) is 1. The molecule has 5 heteroatoms. The number of morpholine rings is 1. The first-order valence-electron chi connectivity index (χ1n) is 6.97. The number of nitrogens with zero attached hydrogens (tertiary/aromatic N) is 1. The summed E-state index contributed by atoms with van der Waals surface area (Å²) in [5, 5.41) is 3.44. The Hall–Kier alpha value is -0.650. The van der Waals surface area contributed by atoms with Gasteiger partial charge in [-0.05, 0) is 26.2 Å². The van der Waals surface area contributed by atoms with Gasteiger partial charge in [-0.2, -0.15) is 0 Å². The van der Waals surface area contributed by atoms with Crippen LogP contribution < -0.4 is 5.32 Å². The van der Waals surface area contributed by atoms with Gasteiger partial charge in [0.2, 0.25) is 5.91 Å². The summed E-state index contributed by atoms with van der Waals surface area (Å²) in [5.74, 6) is 0.198. The normalized spacial score (nSPS) is 27.6. The molecule has 104 valence electrons. The lowest BCUT2D eigenvalue weighted by atomic mass is 10.1. The number of amides is 1. The van der Waals surface area contributed by atoms with Gasteiger partial charge in [0, 0.05) is 32.3 Å². The van der Waals surface area contributed by atoms with E-state index < -0.39 is 0 Å². The van der Waals surface area contributed by atoms with Gasteiger partial charge in [-0.15, -0.1) is 0 Å². The highest BCUT2D eigenvalue weighted by Gasteiger charge is 2.24. The molecule has 2 heterocycles. The molecule has 0 aromatic heterocycles. The molecule has 2 unspecified atom stereocenters. The lowest BCUT2D eigenvalue weighted by Crippen LogP contribution is -2.51. The molecular formula is C13H24N2O3. The summed E-state index contributed by atoms with van der Waals surface area (Å²) in [6.45, 7) is 6.38. The smallest absolute Gasteiger partial charge is 0.239 e. The third kappa shape index (κ3) is 3.93. The molecule has 0 aromatic rings. The zero-order valence-electron chi connectivity index (χ0n) is 11.2. The number of ether oxygens (including phenoxy) is 2. The largest absolute Gasteiger partial charge is 0.381 e. The molecule has 1 amide bonds. The molecule has 1 N–H and O–H groups in total. The van der Waals surface area contributed by atoms with Crippen molar-refractivity contribution in [2.75, 3.05) is 39.5 Å². The van der Waals surface area contributed by atoms with E-state index in [2.05, 4.69) is 5.32 Å². The van der Waals surface area contributed by atoms with Crippen molar-refractivity contribution in [1.29, 1.82) is 0 Å². The van der Waals surface area contributed by atoms with Crippen molar-refractivity contribution >= 4 is 5.91 Å². The Kier molecular flexibility index (Phi) is 5.41. The predicted molar refractivity (Wildman–Crippen MR) is 68.5 cm³/mol. The molecule has 5 nitrogen and oxygen atoms in total. The Morgan fingerprint density at radius 2 is 1.89 bits per heavy atom. The maximum Gasteiger partial charge on any atom is 0.239 e. The van der Waals surface area contributed by atoms with Crippen LogP contribution in [0.3, 0.4) is 0 Å². The lowest BCUT2D eigenvalue weighted by molar-refractivity contribution is -0.137. The highest BCUT2D eigenvalue weighted by molar-refractivity contribution is 5.81. The van der Waals surface area contributed by atoms with Gasteiger partial charge in [0.25, 0.3) is 0 Å². The van der Waals surface area contributed by atoms with E-state index >= 15 is 0 Å². The lowest BCUT2D eigenvalue weighted by Gasteiger charge is -2.31. The van der Waals surface area contributed by atoms with Crippen LogP contribution in [0, 0.1) is 0 Å². The standard InChI is InChI=1S/C13H24N2O3/c1-11(13(16)15-5-9-18-10-6-15)14-12-3-2-7-17-8-4-12/h11-12,14H,2-10H2,1H3. The van der Waals surface area contributed by atoms with Crippen molar-refractivity contribution in [2.45, 2.75) is 38.3 Å². The summed E-state index contributed by atoms with van der Waals surface area (Å²) in [7, 11) is 0. The Labute approximate surface area is 109 Å². The van der Waals surface area contributed by atoms with Crippen LogP contribution in [0.25, 0.3) is 0 Å². The summed E-state index contributed by atoms with van der Waals surface area (Å²) in [4.78, 5) is 14.1. The maximum absolute atomic E-state index is 12.2. The van der Waals surface area contributed by atoms with Crippen molar-refractivity contribution in [3.05, 3.63) is 0 Å². The molecule has 2 fully saturated rings. The quantitative estimate of drug-likeness (QED) is 0.794. The van der Waals surface area contributed by atoms with E-state index in [0.29, 0.717) is 19.3 Å². The molecule has 0 spiro atoms. The van der Waals surface area contributed by atoms with Crippen LogP contribution in [0.1, 0.15) is 26.2 Å². The van der Waals surface area contributed by atoms with Crippen LogP contribution >= 0.6 is 0 Å². The predicted octanol–water partition coefficient (Wildman–Crippen LogP) is 0.392. The van der Waals surface area contributed by atoms with E-state index in [0.717, 1.165) is 45.6 Å². The first-order chi connectivity index (χ1) is 8.77. The van der Waals surface area contributed by atoms with Crippen molar-refractivity contribution in [3.63, 3.8) is 0 Å². The first kappa shape index (κ1) is 13.8. The van der Waals surface area contributed by atoms with E-state index in [4.69, 9.17) is 9.47 Å². The number of carbonyl (C=O) groups excluding carboxylic acids is 1. The molecule has 0 saturated carbocycles. The van der Waals surface area contributed by atoms with Gasteiger partial charge in [-0.3, -0.25) is 4.79 Å². The molecular weight excluding hydrogens is 232 g/mol. The SMILES string of the molecule is CC(NC1CCCOCC1)C(=O)N1CCOCC1. The van der Waals surface area contributed by atoms with Gasteiger partial charge in [0.05, 0.1) is 19.3 Å². The van der Waals surface area contributed by atoms with Crippen molar-refractivity contribution in [1.82, 2.24) is 10.2 Å². The summed E-state index contributed by atoms with van der Waals surface area (Å²) in [6.07, 6.45) is 3.18. The Balaban J connectivity index is 1.78. The van der Waals surface area contributed by atoms with E-state index in [1.165, 1.54) is 0 Å². The molecule has 0 aliphatic carbocycles. The molecule has 2 rings (SSSR count). The number of rotatable bonds is 3. The second-order valence-electron chi connectivity index (χ2n) is 5.07. The van der Waals surface area contributed by atoms with Gasteiger partial charge in [-0.1, -0.05) is 0 Å². The van der Waals surface area contributed by atoms with Crippen LogP contribution in [0.5, 0.6) is 0 Å². The minimum absolute atomic E-state index is 0.105. The van der Waals surface area contributed by atoms with Crippen LogP contribution in [0.4, 0.5) is 0 Å². The van der Waals surface area contributed by atoms with Gasteiger partial charge < -0.3 is 19.7 Å². The molecule has 0 radical (unpaired) electrons. The average Bonchev–Trinajstić information content (AvgIpc) is 2.67. The number of hydrogen-bond donors (Lipinski definition) is 1. The zero-order chi connectivity index (χ0) is 12.8. The molecule has 0 aromatic carbocycles. The molecule has 0 bridgehead atoms. The van der Waals surface area contributed by atoms with Gasteiger partial charge in [0.1, 0.15) is 0 Å². The van der Waals surface area contributed by atoms with E-state index in [1.54, 1.807) is 0 Å². The van der Waals surface area contributed by atoms with E-state index in [9.17, 15) is 4.79 Å². The topological polar surface area (TPSA) is 50.8 Å². The highest BCUT2D eigenvalue weighted by Crippen LogP contribution is 2.10. The van der Waals surface area contributed by atoms with Gasteiger partial charge in [-0.25, -0.2) is 0 Å². The first-order valence-corrected chi connectivity index (χ1v) is 6.97. The Morgan fingerprint density at radius 1 is 1.17 bits per heavy atom. The Morgan fingerprint density at radius 3 is 2.67 bits per heavy atom. The fourth-order valence-corrected chi connectivity index (χ4v) is 2.55. The fourth-order valence-electron chi connectivity index (χ4n) is 2.55. The molecule has 2 aliphatic heterocycles. The maximum atomic E-state index is 12.2. The monoisotopic (exact) mass is 256 g/mol. The third-order valence-electron chi connectivity index (χ3n) is 3.63. The second kappa shape index (κ2) is 7.07. The molecule has 2 aliphatic rings. The summed E-state index contributed by atoms with van der Waals surface area (Å²) < 4.78 is 10.7. The fraction of sp³-hybridized carbons (Fsp3) is 0.923. The second-order valence-corrected chi connectivity index (χ2v) is 5.07. The molecule has 2 atom stereocenters. The van der Waals surface area contributed by atoms with Crippen molar-refractivity contribution < 1.29 is 14.3 Å². The average molecular weight is 256 g/mol. The molecule has 18 heavy (non-hydrogen) atoms.